The van der Waals surface area contributed by atoms with Crippen molar-refractivity contribution in [2.24, 2.45) is 0 Å². The lowest BCUT2D eigenvalue weighted by atomic mass is 10.2. The second-order valence-electron chi connectivity index (χ2n) is 4.56. The molecule has 2 aromatic rings. The van der Waals surface area contributed by atoms with E-state index in [9.17, 15) is 0 Å². The SMILES string of the molecule is CCNCc1cc(Cl)ccc1OCc1cc(Cl)ccc1Cl. The van der Waals surface area contributed by atoms with Crippen molar-refractivity contribution in [1.82, 2.24) is 5.32 Å². The zero-order valence-electron chi connectivity index (χ0n) is 11.6. The summed E-state index contributed by atoms with van der Waals surface area (Å²) in [5, 5.41) is 5.24. The molecule has 0 radical (unpaired) electrons. The Balaban J connectivity index is 2.13. The fourth-order valence-corrected chi connectivity index (χ4v) is 2.46. The van der Waals surface area contributed by atoms with Crippen molar-refractivity contribution in [3.05, 3.63) is 62.6 Å². The van der Waals surface area contributed by atoms with E-state index in [4.69, 9.17) is 39.5 Å². The second kappa shape index (κ2) is 7.90. The minimum absolute atomic E-state index is 0.361. The lowest BCUT2D eigenvalue weighted by Crippen LogP contribution is -2.13. The fourth-order valence-electron chi connectivity index (χ4n) is 1.90. The van der Waals surface area contributed by atoms with E-state index in [1.807, 2.05) is 24.3 Å². The highest BCUT2D eigenvalue weighted by molar-refractivity contribution is 6.33. The Labute approximate surface area is 140 Å². The van der Waals surface area contributed by atoms with Crippen molar-refractivity contribution in [3.8, 4) is 5.75 Å². The highest BCUT2D eigenvalue weighted by Crippen LogP contribution is 2.26. The number of hydrogen-bond donors (Lipinski definition) is 1. The Morgan fingerprint density at radius 1 is 0.952 bits per heavy atom. The molecule has 0 spiro atoms. The minimum Gasteiger partial charge on any atom is -0.489 e. The molecule has 21 heavy (non-hydrogen) atoms. The standard InChI is InChI=1S/C16H16Cl3NO/c1-2-20-9-11-7-14(18)4-6-16(11)21-10-12-8-13(17)3-5-15(12)19/h3-8,20H,2,9-10H2,1H3. The van der Waals surface area contributed by atoms with E-state index in [1.54, 1.807) is 12.1 Å². The van der Waals surface area contributed by atoms with E-state index in [2.05, 4.69) is 12.2 Å². The average Bonchev–Trinajstić information content (AvgIpc) is 2.47. The molecular formula is C16H16Cl3NO. The third kappa shape index (κ3) is 4.79. The summed E-state index contributed by atoms with van der Waals surface area (Å²) in [5.41, 5.74) is 1.87. The van der Waals surface area contributed by atoms with E-state index in [0.29, 0.717) is 28.2 Å². The van der Waals surface area contributed by atoms with Crippen LogP contribution in [0, 0.1) is 0 Å². The highest BCUT2D eigenvalue weighted by atomic mass is 35.5. The smallest absolute Gasteiger partial charge is 0.124 e. The summed E-state index contributed by atoms with van der Waals surface area (Å²) in [5.74, 6) is 0.788. The van der Waals surface area contributed by atoms with Crippen molar-refractivity contribution in [3.63, 3.8) is 0 Å². The second-order valence-corrected chi connectivity index (χ2v) is 5.84. The van der Waals surface area contributed by atoms with E-state index >= 15 is 0 Å². The van der Waals surface area contributed by atoms with Crippen LogP contribution in [0.2, 0.25) is 15.1 Å². The molecule has 1 N–H and O–H groups in total. The van der Waals surface area contributed by atoms with Gasteiger partial charge >= 0.3 is 0 Å². The van der Waals surface area contributed by atoms with Crippen molar-refractivity contribution in [2.45, 2.75) is 20.1 Å². The summed E-state index contributed by atoms with van der Waals surface area (Å²) in [7, 11) is 0. The lowest BCUT2D eigenvalue weighted by molar-refractivity contribution is 0.302. The van der Waals surface area contributed by atoms with Crippen molar-refractivity contribution >= 4 is 34.8 Å². The van der Waals surface area contributed by atoms with Crippen molar-refractivity contribution < 1.29 is 4.74 Å². The number of nitrogens with one attached hydrogen (secondary N) is 1. The largest absolute Gasteiger partial charge is 0.489 e. The first-order valence-corrected chi connectivity index (χ1v) is 7.79. The van der Waals surface area contributed by atoms with Crippen LogP contribution >= 0.6 is 34.8 Å². The van der Waals surface area contributed by atoms with Gasteiger partial charge in [-0.05, 0) is 42.9 Å². The summed E-state index contributed by atoms with van der Waals surface area (Å²) in [6.45, 7) is 4.00. The number of benzene rings is 2. The van der Waals surface area contributed by atoms with E-state index < -0.39 is 0 Å². The van der Waals surface area contributed by atoms with Crippen LogP contribution in [0.25, 0.3) is 0 Å². The lowest BCUT2D eigenvalue weighted by Gasteiger charge is -2.13. The van der Waals surface area contributed by atoms with Crippen LogP contribution in [0.15, 0.2) is 36.4 Å². The molecular weight excluding hydrogens is 329 g/mol. The van der Waals surface area contributed by atoms with Crippen LogP contribution < -0.4 is 10.1 Å². The van der Waals surface area contributed by atoms with Gasteiger partial charge in [-0.3, -0.25) is 0 Å². The van der Waals surface area contributed by atoms with E-state index in [0.717, 1.165) is 23.4 Å². The van der Waals surface area contributed by atoms with Gasteiger partial charge in [0.15, 0.2) is 0 Å². The first-order chi connectivity index (χ1) is 10.1. The van der Waals surface area contributed by atoms with Crippen molar-refractivity contribution in [1.29, 1.82) is 0 Å². The quantitative estimate of drug-likeness (QED) is 0.764. The minimum atomic E-state index is 0.361. The predicted octanol–water partition coefficient (Wildman–Crippen LogP) is 5.34. The Bertz CT molecular complexity index is 616. The van der Waals surface area contributed by atoms with Gasteiger partial charge in [0.2, 0.25) is 0 Å². The monoisotopic (exact) mass is 343 g/mol. The zero-order valence-corrected chi connectivity index (χ0v) is 13.9. The summed E-state index contributed by atoms with van der Waals surface area (Å²) in [6, 6.07) is 10.9. The van der Waals surface area contributed by atoms with Gasteiger partial charge in [-0.2, -0.15) is 0 Å². The highest BCUT2D eigenvalue weighted by Gasteiger charge is 2.07. The summed E-state index contributed by atoms with van der Waals surface area (Å²) < 4.78 is 5.87. The van der Waals surface area contributed by atoms with E-state index in [1.165, 1.54) is 0 Å². The van der Waals surface area contributed by atoms with Gasteiger partial charge in [0, 0.05) is 32.7 Å². The Kier molecular flexibility index (Phi) is 6.19. The van der Waals surface area contributed by atoms with Gasteiger partial charge in [-0.1, -0.05) is 41.7 Å². The molecule has 5 heteroatoms. The Morgan fingerprint density at radius 2 is 1.62 bits per heavy atom. The molecule has 0 amide bonds. The number of halogens is 3. The van der Waals surface area contributed by atoms with Crippen LogP contribution in [0.1, 0.15) is 18.1 Å². The average molecular weight is 345 g/mol. The van der Waals surface area contributed by atoms with Gasteiger partial charge in [0.1, 0.15) is 12.4 Å². The molecule has 2 nitrogen and oxygen atoms in total. The van der Waals surface area contributed by atoms with Crippen LogP contribution in [0.5, 0.6) is 5.75 Å². The molecule has 0 atom stereocenters. The van der Waals surface area contributed by atoms with Crippen LogP contribution in [0.4, 0.5) is 0 Å². The normalized spacial score (nSPS) is 10.7. The van der Waals surface area contributed by atoms with Crippen LogP contribution in [-0.2, 0) is 13.2 Å². The first-order valence-electron chi connectivity index (χ1n) is 6.66. The zero-order chi connectivity index (χ0) is 15.2. The van der Waals surface area contributed by atoms with Crippen LogP contribution in [-0.4, -0.2) is 6.54 Å². The summed E-state index contributed by atoms with van der Waals surface area (Å²) in [4.78, 5) is 0. The molecule has 0 unspecified atom stereocenters. The molecule has 0 aliphatic heterocycles. The van der Waals surface area contributed by atoms with Gasteiger partial charge < -0.3 is 10.1 Å². The molecule has 0 fully saturated rings. The third-order valence-corrected chi connectivity index (χ3v) is 3.82. The molecule has 0 aromatic heterocycles. The van der Waals surface area contributed by atoms with Gasteiger partial charge in [0.05, 0.1) is 0 Å². The fraction of sp³-hybridized carbons (Fsp3) is 0.250. The molecule has 2 aromatic carbocycles. The number of ether oxygens (including phenoxy) is 1. The summed E-state index contributed by atoms with van der Waals surface area (Å²) in [6.07, 6.45) is 0. The molecule has 0 aliphatic rings. The molecule has 0 heterocycles. The van der Waals surface area contributed by atoms with Crippen molar-refractivity contribution in [2.75, 3.05) is 6.54 Å². The maximum absolute atomic E-state index is 6.14. The van der Waals surface area contributed by atoms with Gasteiger partial charge in [-0.25, -0.2) is 0 Å². The number of hydrogen-bond acceptors (Lipinski definition) is 2. The molecule has 0 saturated heterocycles. The number of rotatable bonds is 6. The molecule has 0 bridgehead atoms. The first kappa shape index (κ1) is 16.4. The molecule has 2 rings (SSSR count). The van der Waals surface area contributed by atoms with Crippen LogP contribution in [0.3, 0.4) is 0 Å². The van der Waals surface area contributed by atoms with Gasteiger partial charge in [0.25, 0.3) is 0 Å². The molecule has 112 valence electrons. The Morgan fingerprint density at radius 3 is 2.33 bits per heavy atom. The topological polar surface area (TPSA) is 21.3 Å². The van der Waals surface area contributed by atoms with Gasteiger partial charge in [-0.15, -0.1) is 0 Å². The molecule has 0 saturated carbocycles. The Hall–Kier alpha value is -0.930. The maximum atomic E-state index is 6.14. The summed E-state index contributed by atoms with van der Waals surface area (Å²) >= 11 is 18.2. The van der Waals surface area contributed by atoms with E-state index in [-0.39, 0.29) is 0 Å². The molecule has 0 aliphatic carbocycles. The third-order valence-electron chi connectivity index (χ3n) is 2.98. The maximum Gasteiger partial charge on any atom is 0.124 e. The predicted molar refractivity (Wildman–Crippen MR) is 89.6 cm³/mol.